The van der Waals surface area contributed by atoms with E-state index in [0.29, 0.717) is 6.54 Å². The summed E-state index contributed by atoms with van der Waals surface area (Å²) in [5.74, 6) is -0.918. The molecule has 12 heavy (non-hydrogen) atoms. The average Bonchev–Trinajstić information content (AvgIpc) is 2.50. The van der Waals surface area contributed by atoms with Crippen molar-refractivity contribution in [2.45, 2.75) is 6.04 Å². The molecule has 2 N–H and O–H groups in total. The van der Waals surface area contributed by atoms with E-state index in [4.69, 9.17) is 17.3 Å². The first kappa shape index (κ1) is 9.06. The lowest BCUT2D eigenvalue weighted by molar-refractivity contribution is -0.134. The number of halogens is 1. The summed E-state index contributed by atoms with van der Waals surface area (Å²) in [6.45, 7) is 0.416. The lowest BCUT2D eigenvalue weighted by atomic mass is 10.3. The molecule has 2 amide bonds. The van der Waals surface area contributed by atoms with E-state index in [0.717, 1.165) is 0 Å². The van der Waals surface area contributed by atoms with Crippen molar-refractivity contribution in [3.63, 3.8) is 0 Å². The average molecular weight is 189 g/mol. The van der Waals surface area contributed by atoms with Crippen LogP contribution in [0, 0.1) is 0 Å². The first-order chi connectivity index (χ1) is 5.66. The molecule has 0 aliphatic carbocycles. The largest absolute Gasteiger partial charge is 0.368 e. The van der Waals surface area contributed by atoms with Crippen molar-refractivity contribution >= 4 is 23.4 Å². The van der Waals surface area contributed by atoms with Crippen LogP contribution in [0.25, 0.3) is 0 Å². The van der Waals surface area contributed by atoms with Crippen molar-refractivity contribution < 1.29 is 9.59 Å². The summed E-state index contributed by atoms with van der Waals surface area (Å²) in [7, 11) is 0. The fourth-order valence-corrected chi connectivity index (χ4v) is 1.26. The van der Waals surface area contributed by atoms with Gasteiger partial charge in [-0.25, -0.2) is 0 Å². The minimum Gasteiger partial charge on any atom is -0.368 e. The van der Waals surface area contributed by atoms with Gasteiger partial charge in [0.05, 0.1) is 0 Å². The third-order valence-corrected chi connectivity index (χ3v) is 1.91. The SMILES string of the molecule is NC(=O)[C@@H]1C=CCN1C(=O)CCl. The second kappa shape index (κ2) is 3.58. The number of primary amides is 1. The van der Waals surface area contributed by atoms with Crippen LogP contribution < -0.4 is 5.73 Å². The normalized spacial score (nSPS) is 21.4. The maximum absolute atomic E-state index is 11.1. The van der Waals surface area contributed by atoms with Gasteiger partial charge in [-0.05, 0) is 0 Å². The van der Waals surface area contributed by atoms with E-state index in [1.807, 2.05) is 0 Å². The Kier molecular flexibility index (Phi) is 2.70. The highest BCUT2D eigenvalue weighted by atomic mass is 35.5. The molecule has 0 aromatic carbocycles. The molecule has 5 heteroatoms. The molecule has 0 saturated carbocycles. The third-order valence-electron chi connectivity index (χ3n) is 1.68. The monoisotopic (exact) mass is 188 g/mol. The summed E-state index contributed by atoms with van der Waals surface area (Å²) in [5, 5.41) is 0. The van der Waals surface area contributed by atoms with Crippen LogP contribution in [0.2, 0.25) is 0 Å². The van der Waals surface area contributed by atoms with E-state index < -0.39 is 11.9 Å². The van der Waals surface area contributed by atoms with Gasteiger partial charge in [-0.2, -0.15) is 0 Å². The molecule has 4 nitrogen and oxygen atoms in total. The highest BCUT2D eigenvalue weighted by Gasteiger charge is 2.27. The van der Waals surface area contributed by atoms with Crippen LogP contribution in [-0.2, 0) is 9.59 Å². The number of amides is 2. The Morgan fingerprint density at radius 1 is 1.67 bits per heavy atom. The van der Waals surface area contributed by atoms with Crippen LogP contribution in [0.4, 0.5) is 0 Å². The highest BCUT2D eigenvalue weighted by molar-refractivity contribution is 6.27. The first-order valence-electron chi connectivity index (χ1n) is 3.48. The zero-order valence-corrected chi connectivity index (χ0v) is 7.12. The van der Waals surface area contributed by atoms with Crippen LogP contribution >= 0.6 is 11.6 Å². The van der Waals surface area contributed by atoms with Crippen molar-refractivity contribution in [3.05, 3.63) is 12.2 Å². The Morgan fingerprint density at radius 3 is 2.83 bits per heavy atom. The number of nitrogens with two attached hydrogens (primary N) is 1. The van der Waals surface area contributed by atoms with Gasteiger partial charge in [-0.1, -0.05) is 12.2 Å². The number of carbonyl (C=O) groups is 2. The highest BCUT2D eigenvalue weighted by Crippen LogP contribution is 2.09. The molecule has 1 heterocycles. The molecule has 0 saturated heterocycles. The molecule has 0 bridgehead atoms. The summed E-state index contributed by atoms with van der Waals surface area (Å²) >= 11 is 5.33. The Morgan fingerprint density at radius 2 is 2.33 bits per heavy atom. The van der Waals surface area contributed by atoms with E-state index in [2.05, 4.69) is 0 Å². The minimum atomic E-state index is -0.615. The Hall–Kier alpha value is -1.03. The van der Waals surface area contributed by atoms with Crippen LogP contribution in [0.15, 0.2) is 12.2 Å². The van der Waals surface area contributed by atoms with Crippen LogP contribution in [0.3, 0.4) is 0 Å². The van der Waals surface area contributed by atoms with Crippen molar-refractivity contribution in [3.8, 4) is 0 Å². The van der Waals surface area contributed by atoms with Gasteiger partial charge >= 0.3 is 0 Å². The van der Waals surface area contributed by atoms with E-state index in [1.54, 1.807) is 12.2 Å². The molecule has 0 spiro atoms. The number of carbonyl (C=O) groups excluding carboxylic acids is 2. The molecule has 0 fully saturated rings. The minimum absolute atomic E-state index is 0.120. The maximum atomic E-state index is 11.1. The molecule has 0 radical (unpaired) electrons. The Labute approximate surface area is 75.0 Å². The Balaban J connectivity index is 2.68. The molecule has 1 aliphatic heterocycles. The van der Waals surface area contributed by atoms with Gasteiger partial charge in [-0.15, -0.1) is 11.6 Å². The lowest BCUT2D eigenvalue weighted by Gasteiger charge is -2.20. The third kappa shape index (κ3) is 1.58. The van der Waals surface area contributed by atoms with E-state index in [9.17, 15) is 9.59 Å². The van der Waals surface area contributed by atoms with Crippen molar-refractivity contribution in [1.82, 2.24) is 4.90 Å². The summed E-state index contributed by atoms with van der Waals surface area (Å²) in [6.07, 6.45) is 3.33. The topological polar surface area (TPSA) is 63.4 Å². The lowest BCUT2D eigenvalue weighted by Crippen LogP contribution is -2.44. The predicted octanol–water partition coefficient (Wildman–Crippen LogP) is -0.522. The van der Waals surface area contributed by atoms with Gasteiger partial charge in [0.25, 0.3) is 0 Å². The van der Waals surface area contributed by atoms with Gasteiger partial charge < -0.3 is 10.6 Å². The van der Waals surface area contributed by atoms with Gasteiger partial charge in [0.15, 0.2) is 0 Å². The molecular weight excluding hydrogens is 180 g/mol. The van der Waals surface area contributed by atoms with Gasteiger partial charge in [0.1, 0.15) is 11.9 Å². The number of hydrogen-bond donors (Lipinski definition) is 1. The maximum Gasteiger partial charge on any atom is 0.244 e. The smallest absolute Gasteiger partial charge is 0.244 e. The van der Waals surface area contributed by atoms with Crippen molar-refractivity contribution in [1.29, 1.82) is 0 Å². The number of hydrogen-bond acceptors (Lipinski definition) is 2. The molecule has 0 aromatic rings. The zero-order valence-electron chi connectivity index (χ0n) is 6.37. The predicted molar refractivity (Wildman–Crippen MR) is 44.6 cm³/mol. The summed E-state index contributed by atoms with van der Waals surface area (Å²) < 4.78 is 0. The van der Waals surface area contributed by atoms with Gasteiger partial charge in [0.2, 0.25) is 11.8 Å². The van der Waals surface area contributed by atoms with E-state index in [1.165, 1.54) is 4.90 Å². The van der Waals surface area contributed by atoms with Gasteiger partial charge in [0, 0.05) is 6.54 Å². The molecular formula is C7H9ClN2O2. The quantitative estimate of drug-likeness (QED) is 0.468. The summed E-state index contributed by atoms with van der Waals surface area (Å²) in [5.41, 5.74) is 5.05. The molecule has 0 unspecified atom stereocenters. The molecule has 1 aliphatic rings. The zero-order chi connectivity index (χ0) is 9.14. The number of rotatable bonds is 2. The Bertz CT molecular complexity index is 240. The van der Waals surface area contributed by atoms with E-state index in [-0.39, 0.29) is 11.8 Å². The summed E-state index contributed by atoms with van der Waals surface area (Å²) in [4.78, 5) is 23.2. The van der Waals surface area contributed by atoms with Gasteiger partial charge in [-0.3, -0.25) is 9.59 Å². The fraction of sp³-hybridized carbons (Fsp3) is 0.429. The summed E-state index contributed by atoms with van der Waals surface area (Å²) in [6, 6.07) is -0.615. The second-order valence-electron chi connectivity index (χ2n) is 2.46. The molecule has 1 rings (SSSR count). The molecule has 0 aromatic heterocycles. The van der Waals surface area contributed by atoms with Crippen molar-refractivity contribution in [2.75, 3.05) is 12.4 Å². The molecule has 1 atom stereocenters. The fourth-order valence-electron chi connectivity index (χ4n) is 1.10. The molecule has 66 valence electrons. The standard InChI is InChI=1S/C7H9ClN2O2/c8-4-6(11)10-3-1-2-5(10)7(9)12/h1-2,5H,3-4H2,(H2,9,12)/t5-/m0/s1. The second-order valence-corrected chi connectivity index (χ2v) is 2.72. The van der Waals surface area contributed by atoms with E-state index >= 15 is 0 Å². The number of alkyl halides is 1. The first-order valence-corrected chi connectivity index (χ1v) is 4.01. The number of nitrogens with zero attached hydrogens (tertiary/aromatic N) is 1. The van der Waals surface area contributed by atoms with Crippen molar-refractivity contribution in [2.24, 2.45) is 5.73 Å². The van der Waals surface area contributed by atoms with Crippen LogP contribution in [0.1, 0.15) is 0 Å². The van der Waals surface area contributed by atoms with Crippen LogP contribution in [-0.4, -0.2) is 35.2 Å². The van der Waals surface area contributed by atoms with Crippen LogP contribution in [0.5, 0.6) is 0 Å².